The van der Waals surface area contributed by atoms with Gasteiger partial charge in [0, 0.05) is 10.5 Å². The van der Waals surface area contributed by atoms with Crippen molar-refractivity contribution in [3.8, 4) is 0 Å². The first-order valence-corrected chi connectivity index (χ1v) is 7.27. The van der Waals surface area contributed by atoms with Gasteiger partial charge in [-0.05, 0) is 30.3 Å². The van der Waals surface area contributed by atoms with Crippen LogP contribution in [-0.4, -0.2) is 17.6 Å². The number of carbonyl (C=O) groups excluding carboxylic acids is 2. The molecule has 0 atom stereocenters. The summed E-state index contributed by atoms with van der Waals surface area (Å²) in [5.41, 5.74) is 4.93. The van der Waals surface area contributed by atoms with Gasteiger partial charge >= 0.3 is 0 Å². The Morgan fingerprint density at radius 2 is 1.68 bits per heavy atom. The number of hydrogen-bond acceptors (Lipinski definition) is 3. The van der Waals surface area contributed by atoms with Gasteiger partial charge in [0.2, 0.25) is 5.91 Å². The maximum absolute atomic E-state index is 13.0. The average molecular weight is 322 g/mol. The molecule has 0 aliphatic rings. The lowest BCUT2D eigenvalue weighted by Gasteiger charge is -2.07. The fourth-order valence-electron chi connectivity index (χ4n) is 1.54. The lowest BCUT2D eigenvalue weighted by Crippen LogP contribution is -2.42. The third-order valence-corrected chi connectivity index (χ3v) is 3.61. The smallest absolute Gasteiger partial charge is 0.269 e. The minimum Gasteiger partial charge on any atom is -0.272 e. The van der Waals surface area contributed by atoms with Crippen molar-refractivity contribution in [2.24, 2.45) is 0 Å². The Kier molecular flexibility index (Phi) is 5.48. The molecule has 0 heterocycles. The van der Waals surface area contributed by atoms with E-state index in [4.69, 9.17) is 0 Å². The third kappa shape index (κ3) is 4.56. The molecule has 0 aliphatic carbocycles. The summed E-state index contributed by atoms with van der Waals surface area (Å²) in [5, 5.41) is 0. The molecule has 0 bridgehead atoms. The largest absolute Gasteiger partial charge is 0.272 e. The molecule has 0 saturated carbocycles. The summed E-state index contributed by atoms with van der Waals surface area (Å²) in [7, 11) is 0. The van der Waals surface area contributed by atoms with Gasteiger partial charge in [-0.25, -0.2) is 8.78 Å². The molecule has 0 aromatic heterocycles. The van der Waals surface area contributed by atoms with Gasteiger partial charge in [0.05, 0.1) is 5.75 Å². The number of amides is 2. The molecule has 0 saturated heterocycles. The molecule has 0 unspecified atom stereocenters. The predicted molar refractivity (Wildman–Crippen MR) is 79.1 cm³/mol. The van der Waals surface area contributed by atoms with Gasteiger partial charge in [0.25, 0.3) is 5.91 Å². The highest BCUT2D eigenvalue weighted by molar-refractivity contribution is 8.00. The van der Waals surface area contributed by atoms with E-state index in [1.165, 1.54) is 6.07 Å². The van der Waals surface area contributed by atoms with Gasteiger partial charge in [-0.3, -0.25) is 20.4 Å². The number of hydrazine groups is 1. The summed E-state index contributed by atoms with van der Waals surface area (Å²) >= 11 is 1.03. The first-order chi connectivity index (χ1) is 10.6. The van der Waals surface area contributed by atoms with E-state index in [9.17, 15) is 18.4 Å². The van der Waals surface area contributed by atoms with Crippen LogP contribution in [0, 0.1) is 11.6 Å². The van der Waals surface area contributed by atoms with Gasteiger partial charge in [0.1, 0.15) is 0 Å². The molecule has 0 spiro atoms. The van der Waals surface area contributed by atoms with Crippen molar-refractivity contribution < 1.29 is 18.4 Å². The summed E-state index contributed by atoms with van der Waals surface area (Å²) in [6.45, 7) is 0. The Labute approximate surface area is 129 Å². The van der Waals surface area contributed by atoms with Crippen LogP contribution in [0.2, 0.25) is 0 Å². The molecule has 0 radical (unpaired) electrons. The molecule has 0 fully saturated rings. The van der Waals surface area contributed by atoms with Crippen molar-refractivity contribution in [2.45, 2.75) is 4.90 Å². The van der Waals surface area contributed by atoms with Crippen molar-refractivity contribution in [2.75, 3.05) is 5.75 Å². The van der Waals surface area contributed by atoms with E-state index in [-0.39, 0.29) is 5.75 Å². The number of thioether (sulfide) groups is 1. The van der Waals surface area contributed by atoms with Crippen LogP contribution in [0.5, 0.6) is 0 Å². The zero-order valence-corrected chi connectivity index (χ0v) is 12.1. The zero-order valence-electron chi connectivity index (χ0n) is 11.3. The topological polar surface area (TPSA) is 58.2 Å². The second-order valence-corrected chi connectivity index (χ2v) is 5.28. The Balaban J connectivity index is 1.78. The maximum atomic E-state index is 13.0. The van der Waals surface area contributed by atoms with E-state index in [0.717, 1.165) is 23.9 Å². The minimum atomic E-state index is -0.970. The highest BCUT2D eigenvalue weighted by Crippen LogP contribution is 2.19. The first kappa shape index (κ1) is 16.0. The molecule has 0 aliphatic heterocycles. The number of hydrogen-bond donors (Lipinski definition) is 2. The van der Waals surface area contributed by atoms with Crippen LogP contribution in [0.25, 0.3) is 0 Å². The van der Waals surface area contributed by atoms with E-state index in [2.05, 4.69) is 10.9 Å². The lowest BCUT2D eigenvalue weighted by atomic mass is 10.2. The van der Waals surface area contributed by atoms with Crippen LogP contribution in [0.4, 0.5) is 8.78 Å². The van der Waals surface area contributed by atoms with Crippen LogP contribution < -0.4 is 10.9 Å². The Hall–Kier alpha value is -2.41. The lowest BCUT2D eigenvalue weighted by molar-refractivity contribution is -0.119. The molecule has 2 rings (SSSR count). The van der Waals surface area contributed by atoms with Crippen molar-refractivity contribution in [1.29, 1.82) is 0 Å². The quantitative estimate of drug-likeness (QED) is 0.672. The van der Waals surface area contributed by atoms with Gasteiger partial charge in [0.15, 0.2) is 11.6 Å². The van der Waals surface area contributed by atoms with E-state index in [1.54, 1.807) is 30.3 Å². The molecule has 2 N–H and O–H groups in total. The van der Waals surface area contributed by atoms with E-state index in [0.29, 0.717) is 10.5 Å². The number of nitrogens with one attached hydrogen (secondary N) is 2. The molecule has 4 nitrogen and oxygen atoms in total. The Morgan fingerprint density at radius 3 is 2.36 bits per heavy atom. The number of carbonyl (C=O) groups is 2. The molecule has 2 amide bonds. The third-order valence-electron chi connectivity index (χ3n) is 2.61. The molecule has 7 heteroatoms. The van der Waals surface area contributed by atoms with Crippen LogP contribution in [0.3, 0.4) is 0 Å². The highest BCUT2D eigenvalue weighted by Gasteiger charge is 2.08. The maximum Gasteiger partial charge on any atom is 0.269 e. The number of halogens is 2. The summed E-state index contributed by atoms with van der Waals surface area (Å²) < 4.78 is 25.8. The standard InChI is InChI=1S/C15H12F2N2O2S/c16-12-7-6-11(8-13(12)17)22-9-14(20)18-19-15(21)10-4-2-1-3-5-10/h1-8H,9H2,(H,18,20)(H,19,21). The predicted octanol–water partition coefficient (Wildman–Crippen LogP) is 2.52. The van der Waals surface area contributed by atoms with Crippen molar-refractivity contribution in [1.82, 2.24) is 10.9 Å². The van der Waals surface area contributed by atoms with Crippen LogP contribution in [0.15, 0.2) is 53.4 Å². The van der Waals surface area contributed by atoms with Gasteiger partial charge in [-0.1, -0.05) is 18.2 Å². The highest BCUT2D eigenvalue weighted by atomic mass is 32.2. The fourth-order valence-corrected chi connectivity index (χ4v) is 2.26. The van der Waals surface area contributed by atoms with Crippen LogP contribution in [-0.2, 0) is 4.79 Å². The van der Waals surface area contributed by atoms with E-state index in [1.807, 2.05) is 0 Å². The first-order valence-electron chi connectivity index (χ1n) is 6.28. The number of benzene rings is 2. The van der Waals surface area contributed by atoms with Crippen LogP contribution >= 0.6 is 11.8 Å². The number of rotatable bonds is 4. The van der Waals surface area contributed by atoms with E-state index < -0.39 is 23.4 Å². The zero-order chi connectivity index (χ0) is 15.9. The SMILES string of the molecule is O=C(CSc1ccc(F)c(F)c1)NNC(=O)c1ccccc1. The van der Waals surface area contributed by atoms with Gasteiger partial charge in [-0.15, -0.1) is 11.8 Å². The molecule has 114 valence electrons. The summed E-state index contributed by atoms with van der Waals surface area (Å²) in [6.07, 6.45) is 0. The van der Waals surface area contributed by atoms with Gasteiger partial charge < -0.3 is 0 Å². The van der Waals surface area contributed by atoms with Crippen molar-refractivity contribution in [3.05, 3.63) is 65.7 Å². The van der Waals surface area contributed by atoms with Gasteiger partial charge in [-0.2, -0.15) is 0 Å². The Bertz CT molecular complexity index is 680. The Morgan fingerprint density at radius 1 is 0.955 bits per heavy atom. The second-order valence-electron chi connectivity index (χ2n) is 4.23. The minimum absolute atomic E-state index is 0.0415. The normalized spacial score (nSPS) is 10.1. The van der Waals surface area contributed by atoms with Crippen molar-refractivity contribution >= 4 is 23.6 Å². The molecule has 2 aromatic rings. The van der Waals surface area contributed by atoms with E-state index >= 15 is 0 Å². The fraction of sp³-hybridized carbons (Fsp3) is 0.0667. The molecular weight excluding hydrogens is 310 g/mol. The molecule has 2 aromatic carbocycles. The second kappa shape index (κ2) is 7.56. The average Bonchev–Trinajstić information content (AvgIpc) is 2.54. The monoisotopic (exact) mass is 322 g/mol. The van der Waals surface area contributed by atoms with Crippen molar-refractivity contribution in [3.63, 3.8) is 0 Å². The summed E-state index contributed by atoms with van der Waals surface area (Å²) in [6, 6.07) is 11.8. The summed E-state index contributed by atoms with van der Waals surface area (Å²) in [5.74, 6) is -2.85. The molecular formula is C15H12F2N2O2S. The molecule has 22 heavy (non-hydrogen) atoms. The summed E-state index contributed by atoms with van der Waals surface area (Å²) in [4.78, 5) is 23.7. The van der Waals surface area contributed by atoms with Crippen LogP contribution in [0.1, 0.15) is 10.4 Å².